The van der Waals surface area contributed by atoms with Crippen molar-refractivity contribution >= 4 is 18.0 Å². The van der Waals surface area contributed by atoms with E-state index in [4.69, 9.17) is 14.2 Å². The Bertz CT molecular complexity index is 1450. The third kappa shape index (κ3) is 6.45. The number of imidazole rings is 1. The van der Waals surface area contributed by atoms with Crippen molar-refractivity contribution in [2.24, 2.45) is 30.7 Å². The van der Waals surface area contributed by atoms with Gasteiger partial charge in [-0.2, -0.15) is 0 Å². The predicted molar refractivity (Wildman–Crippen MR) is 165 cm³/mol. The summed E-state index contributed by atoms with van der Waals surface area (Å²) < 4.78 is 20.8. The molecule has 1 aromatic carbocycles. The Morgan fingerprint density at radius 2 is 2.00 bits per heavy atom. The van der Waals surface area contributed by atoms with Gasteiger partial charge in [-0.15, -0.1) is 0 Å². The third-order valence-corrected chi connectivity index (χ3v) is 9.18. The molecule has 1 aliphatic carbocycles. The first-order chi connectivity index (χ1) is 20.5. The van der Waals surface area contributed by atoms with Crippen LogP contribution in [0.25, 0.3) is 6.08 Å². The Labute approximate surface area is 254 Å². The number of nitrogens with zero attached hydrogens (tertiary/aromatic N) is 2. The highest BCUT2D eigenvalue weighted by molar-refractivity contribution is 5.96. The van der Waals surface area contributed by atoms with Crippen molar-refractivity contribution in [2.75, 3.05) is 7.11 Å². The van der Waals surface area contributed by atoms with E-state index in [9.17, 15) is 9.59 Å². The van der Waals surface area contributed by atoms with Gasteiger partial charge in [0.15, 0.2) is 0 Å². The molecule has 3 heterocycles. The van der Waals surface area contributed by atoms with Crippen molar-refractivity contribution in [1.29, 1.82) is 0 Å². The van der Waals surface area contributed by atoms with E-state index >= 15 is 0 Å². The topological polar surface area (TPSA) is 91.7 Å². The predicted octanol–water partition coefficient (Wildman–Crippen LogP) is 5.53. The largest absolute Gasteiger partial charge is 0.456 e. The number of allylic oxidation sites excluding steroid dienone is 3. The number of aryl methyl sites for hydroxylation is 1. The fourth-order valence-electron chi connectivity index (χ4n) is 6.64. The molecule has 0 saturated carbocycles. The number of methoxy groups -OCH3 is 1. The number of hydrogen-bond acceptors (Lipinski definition) is 6. The molecule has 228 valence electrons. The number of ether oxygens (including phenoxy) is 3. The number of fused-ring (bicyclic) bond motifs is 3. The molecule has 8 nitrogen and oxygen atoms in total. The zero-order valence-corrected chi connectivity index (χ0v) is 25.9. The molecule has 8 heteroatoms. The molecule has 6 atom stereocenters. The van der Waals surface area contributed by atoms with Gasteiger partial charge >= 0.3 is 5.97 Å². The normalized spacial score (nSPS) is 31.4. The quantitative estimate of drug-likeness (QED) is 0.249. The summed E-state index contributed by atoms with van der Waals surface area (Å²) in [7, 11) is 3.42. The van der Waals surface area contributed by atoms with E-state index in [1.807, 2.05) is 61.1 Å². The second kappa shape index (κ2) is 12.5. The van der Waals surface area contributed by atoms with Gasteiger partial charge in [0.25, 0.3) is 5.91 Å². The SMILES string of the molecule is CO[C@]12C=C[C@](C)(O1)[C@@H](OC(=O)/C=C/c1cn(C)cn1)C[C@H]1C(C)=CC[C@H](C(C)C)[C@H]1/C=C\2C(=O)NCc1ccccc1. The number of carbonyl (C=O) groups is 2. The zero-order valence-electron chi connectivity index (χ0n) is 25.9. The van der Waals surface area contributed by atoms with Gasteiger partial charge in [-0.05, 0) is 74.2 Å². The first kappa shape index (κ1) is 30.7. The molecule has 1 aromatic heterocycles. The van der Waals surface area contributed by atoms with Crippen molar-refractivity contribution in [3.05, 3.63) is 95.6 Å². The Morgan fingerprint density at radius 3 is 2.67 bits per heavy atom. The van der Waals surface area contributed by atoms with E-state index in [2.05, 4.69) is 43.2 Å². The van der Waals surface area contributed by atoms with Crippen LogP contribution in [0.15, 0.2) is 84.4 Å². The third-order valence-electron chi connectivity index (χ3n) is 9.18. The molecule has 2 aromatic rings. The Balaban J connectivity index is 1.52. The molecular formula is C35H43N3O5. The summed E-state index contributed by atoms with van der Waals surface area (Å²) >= 11 is 0. The van der Waals surface area contributed by atoms with Gasteiger partial charge in [0.1, 0.15) is 11.7 Å². The van der Waals surface area contributed by atoms with Crippen LogP contribution in [0.1, 0.15) is 51.8 Å². The highest BCUT2D eigenvalue weighted by Gasteiger charge is 2.54. The van der Waals surface area contributed by atoms with Gasteiger partial charge in [0.2, 0.25) is 5.79 Å². The molecule has 2 bridgehead atoms. The summed E-state index contributed by atoms with van der Waals surface area (Å²) in [5, 5.41) is 3.10. The number of benzene rings is 1. The highest BCUT2D eigenvalue weighted by Crippen LogP contribution is 2.49. The molecule has 5 rings (SSSR count). The first-order valence-electron chi connectivity index (χ1n) is 15.1. The second-order valence-corrected chi connectivity index (χ2v) is 12.5. The standard InChI is InChI=1S/C35H43N3O5/c1-23(2)27-14-12-24(3)28-19-31(42-32(39)15-13-26-21-38(5)22-37-26)34(4)16-17-35(41-6,43-34)30(18-29(27)28)33(40)36-20-25-10-8-7-9-11-25/h7-13,15-18,21-23,27-29,31H,14,19-20H2,1-6H3,(H,36,40)/b15-13+,30-18-/t27-,28+,29-,31+,34+,35-/m1/s1. The van der Waals surface area contributed by atoms with Crippen molar-refractivity contribution in [1.82, 2.24) is 14.9 Å². The maximum atomic E-state index is 14.0. The van der Waals surface area contributed by atoms with E-state index in [0.717, 1.165) is 12.0 Å². The summed E-state index contributed by atoms with van der Waals surface area (Å²) in [5.74, 6) is -1.46. The maximum Gasteiger partial charge on any atom is 0.331 e. The lowest BCUT2D eigenvalue weighted by molar-refractivity contribution is -0.225. The second-order valence-electron chi connectivity index (χ2n) is 12.5. The Morgan fingerprint density at radius 1 is 1.23 bits per heavy atom. The number of rotatable bonds is 8. The van der Waals surface area contributed by atoms with Crippen molar-refractivity contribution < 1.29 is 23.8 Å². The van der Waals surface area contributed by atoms with Gasteiger partial charge < -0.3 is 24.1 Å². The molecule has 3 aliphatic rings. The minimum atomic E-state index is -1.44. The number of amides is 1. The molecular weight excluding hydrogens is 542 g/mol. The van der Waals surface area contributed by atoms with Gasteiger partial charge in [0.05, 0.1) is 17.6 Å². The number of esters is 1. The highest BCUT2D eigenvalue weighted by atomic mass is 16.7. The first-order valence-corrected chi connectivity index (χ1v) is 15.1. The van der Waals surface area contributed by atoms with Crippen molar-refractivity contribution in [3.8, 4) is 0 Å². The summed E-state index contributed by atoms with van der Waals surface area (Å²) in [6.07, 6.45) is 15.4. The van der Waals surface area contributed by atoms with E-state index < -0.39 is 23.5 Å². The summed E-state index contributed by atoms with van der Waals surface area (Å²) in [6, 6.07) is 9.82. The molecule has 0 fully saturated rings. The van der Waals surface area contributed by atoms with E-state index in [1.54, 1.807) is 25.6 Å². The average molecular weight is 586 g/mol. The molecule has 0 saturated heterocycles. The number of nitrogens with one attached hydrogen (secondary N) is 1. The summed E-state index contributed by atoms with van der Waals surface area (Å²) in [5.41, 5.74) is 2.27. The number of aromatic nitrogens is 2. The van der Waals surface area contributed by atoms with Crippen LogP contribution in [0.4, 0.5) is 0 Å². The van der Waals surface area contributed by atoms with Crippen LogP contribution < -0.4 is 5.32 Å². The van der Waals surface area contributed by atoms with Gasteiger partial charge in [0, 0.05) is 33.0 Å². The molecule has 0 radical (unpaired) electrons. The van der Waals surface area contributed by atoms with Crippen LogP contribution in [0.2, 0.25) is 0 Å². The van der Waals surface area contributed by atoms with Crippen molar-refractivity contribution in [2.45, 2.75) is 64.6 Å². The lowest BCUT2D eigenvalue weighted by Gasteiger charge is -2.41. The van der Waals surface area contributed by atoms with E-state index in [-0.39, 0.29) is 23.7 Å². The molecule has 2 aliphatic heterocycles. The average Bonchev–Trinajstić information content (AvgIpc) is 3.58. The van der Waals surface area contributed by atoms with Gasteiger partial charge in [-0.3, -0.25) is 4.79 Å². The number of hydrogen-bond donors (Lipinski definition) is 1. The summed E-state index contributed by atoms with van der Waals surface area (Å²) in [6.45, 7) is 8.86. The van der Waals surface area contributed by atoms with Gasteiger partial charge in [-0.25, -0.2) is 9.78 Å². The van der Waals surface area contributed by atoms with Crippen LogP contribution in [0, 0.1) is 23.7 Å². The fourth-order valence-corrected chi connectivity index (χ4v) is 6.64. The summed E-state index contributed by atoms with van der Waals surface area (Å²) in [4.78, 5) is 31.5. The van der Waals surface area contributed by atoms with Crippen molar-refractivity contribution in [3.63, 3.8) is 0 Å². The molecule has 1 amide bonds. The molecule has 1 N–H and O–H groups in total. The van der Waals surface area contributed by atoms with E-state index in [0.29, 0.717) is 30.2 Å². The Kier molecular flexibility index (Phi) is 8.90. The minimum absolute atomic E-state index is 0.0136. The number of carbonyl (C=O) groups excluding carboxylic acids is 2. The van der Waals surface area contributed by atoms with Crippen LogP contribution in [-0.2, 0) is 37.4 Å². The molecule has 43 heavy (non-hydrogen) atoms. The van der Waals surface area contributed by atoms with Crippen LogP contribution >= 0.6 is 0 Å². The monoisotopic (exact) mass is 585 g/mol. The lowest BCUT2D eigenvalue weighted by Crippen LogP contribution is -2.48. The smallest absolute Gasteiger partial charge is 0.331 e. The molecule has 0 spiro atoms. The Hall–Kier alpha value is -3.75. The van der Waals surface area contributed by atoms with Crippen LogP contribution in [0.5, 0.6) is 0 Å². The van der Waals surface area contributed by atoms with E-state index in [1.165, 1.54) is 11.6 Å². The lowest BCUT2D eigenvalue weighted by atomic mass is 9.65. The minimum Gasteiger partial charge on any atom is -0.456 e. The maximum absolute atomic E-state index is 14.0. The fraction of sp³-hybridized carbons (Fsp3) is 0.457. The molecule has 0 unspecified atom stereocenters. The zero-order chi connectivity index (χ0) is 30.8. The van der Waals surface area contributed by atoms with Crippen LogP contribution in [-0.4, -0.2) is 46.0 Å². The van der Waals surface area contributed by atoms with Crippen LogP contribution in [0.3, 0.4) is 0 Å². The van der Waals surface area contributed by atoms with Gasteiger partial charge in [-0.1, -0.05) is 61.9 Å².